The zero-order valence-corrected chi connectivity index (χ0v) is 26.7. The first-order valence-corrected chi connectivity index (χ1v) is 16.3. The zero-order chi connectivity index (χ0) is 33.8. The average molecular weight is 636 g/mol. The number of rotatable bonds is 4. The summed E-state index contributed by atoms with van der Waals surface area (Å²) in [6.07, 6.45) is 0. The van der Waals surface area contributed by atoms with Crippen molar-refractivity contribution in [2.24, 2.45) is 0 Å². The Labute approximate surface area is 288 Å². The van der Waals surface area contributed by atoms with Gasteiger partial charge in [-0.3, -0.25) is 0 Å². The van der Waals surface area contributed by atoms with E-state index >= 15 is 0 Å². The molecule has 9 rings (SSSR count). The molecule has 0 aliphatic heterocycles. The number of fused-ring (bicyclic) bond motifs is 6. The first-order chi connectivity index (χ1) is 24.7. The van der Waals surface area contributed by atoms with Crippen molar-refractivity contribution in [2.75, 3.05) is 0 Å². The Morgan fingerprint density at radius 1 is 0.500 bits per heavy atom. The van der Waals surface area contributed by atoms with E-state index in [1.807, 2.05) is 97.1 Å². The lowest BCUT2D eigenvalue weighted by molar-refractivity contribution is 1.18. The minimum absolute atomic E-state index is 0.578. The largest absolute Gasteiger partial charge is 0.319 e. The van der Waals surface area contributed by atoms with Crippen molar-refractivity contribution in [3.05, 3.63) is 174 Å². The Morgan fingerprint density at radius 3 is 1.94 bits per heavy atom. The molecular formula is C45H25N5. The Hall–Kier alpha value is -7.39. The summed E-state index contributed by atoms with van der Waals surface area (Å²) < 4.78 is 4.39. The molecule has 0 fully saturated rings. The number of para-hydroxylation sites is 4. The molecule has 0 aliphatic rings. The highest BCUT2D eigenvalue weighted by molar-refractivity contribution is 6.13. The summed E-state index contributed by atoms with van der Waals surface area (Å²) in [5, 5.41) is 24.7. The molecule has 0 saturated heterocycles. The monoisotopic (exact) mass is 635 g/mol. The number of hydrogen-bond acceptors (Lipinski definition) is 2. The average Bonchev–Trinajstić information content (AvgIpc) is 3.70. The highest BCUT2D eigenvalue weighted by Crippen LogP contribution is 2.41. The van der Waals surface area contributed by atoms with Crippen molar-refractivity contribution in [2.45, 2.75) is 0 Å². The molecule has 2 aromatic heterocycles. The lowest BCUT2D eigenvalue weighted by Gasteiger charge is -2.17. The third-order valence-corrected chi connectivity index (χ3v) is 9.62. The molecule has 230 valence electrons. The standard InChI is InChI=1S/C45H25N5/c1-48-40-19-10-18-37-35-14-3-5-20-41(35)49(45(37)40)31-12-8-11-30(26-31)32-16-9-17-33(39(32)28-47)34-13-2-6-21-42(34)50-43-22-7-4-15-36(43)38-25-29(27-46)23-24-44(38)50/h2-26H. The fourth-order valence-electron chi connectivity index (χ4n) is 7.51. The fraction of sp³-hybridized carbons (Fsp3) is 0. The summed E-state index contributed by atoms with van der Waals surface area (Å²) in [5.41, 5.74) is 11.1. The van der Waals surface area contributed by atoms with Gasteiger partial charge in [-0.15, -0.1) is 0 Å². The van der Waals surface area contributed by atoms with Gasteiger partial charge in [0.05, 0.1) is 51.5 Å². The highest BCUT2D eigenvalue weighted by atomic mass is 15.0. The van der Waals surface area contributed by atoms with E-state index in [-0.39, 0.29) is 0 Å². The van der Waals surface area contributed by atoms with Crippen LogP contribution in [0.2, 0.25) is 0 Å². The fourth-order valence-corrected chi connectivity index (χ4v) is 7.51. The Bertz CT molecular complexity index is 2970. The normalized spacial score (nSPS) is 11.1. The molecule has 5 nitrogen and oxygen atoms in total. The second kappa shape index (κ2) is 11.4. The van der Waals surface area contributed by atoms with Crippen molar-refractivity contribution in [3.8, 4) is 45.8 Å². The van der Waals surface area contributed by atoms with Gasteiger partial charge in [0.2, 0.25) is 5.69 Å². The van der Waals surface area contributed by atoms with E-state index in [1.165, 1.54) is 0 Å². The summed E-state index contributed by atoms with van der Waals surface area (Å²) in [6, 6.07) is 55.4. The predicted molar refractivity (Wildman–Crippen MR) is 202 cm³/mol. The number of nitrogens with zero attached hydrogens (tertiary/aromatic N) is 5. The van der Waals surface area contributed by atoms with Crippen LogP contribution < -0.4 is 0 Å². The lowest BCUT2D eigenvalue weighted by Crippen LogP contribution is -1.99. The van der Waals surface area contributed by atoms with Crippen molar-refractivity contribution in [3.63, 3.8) is 0 Å². The molecule has 0 spiro atoms. The smallest absolute Gasteiger partial charge is 0.211 e. The molecular weight excluding hydrogens is 611 g/mol. The van der Waals surface area contributed by atoms with E-state index in [0.29, 0.717) is 16.8 Å². The minimum Gasteiger partial charge on any atom is -0.319 e. The van der Waals surface area contributed by atoms with E-state index in [9.17, 15) is 10.5 Å². The molecule has 0 unspecified atom stereocenters. The molecule has 2 heterocycles. The van der Waals surface area contributed by atoms with Gasteiger partial charge in [-0.05, 0) is 59.5 Å². The van der Waals surface area contributed by atoms with Gasteiger partial charge in [0, 0.05) is 38.5 Å². The van der Waals surface area contributed by atoms with Gasteiger partial charge in [-0.2, -0.15) is 10.5 Å². The molecule has 9 aromatic rings. The highest BCUT2D eigenvalue weighted by Gasteiger charge is 2.20. The number of aromatic nitrogens is 2. The molecule has 0 saturated carbocycles. The number of benzene rings is 7. The van der Waals surface area contributed by atoms with Crippen LogP contribution in [-0.4, -0.2) is 9.13 Å². The predicted octanol–water partition coefficient (Wildman–Crippen LogP) is 11.5. The molecule has 0 atom stereocenters. The van der Waals surface area contributed by atoms with Crippen LogP contribution in [0.3, 0.4) is 0 Å². The van der Waals surface area contributed by atoms with E-state index in [1.54, 1.807) is 0 Å². The third-order valence-electron chi connectivity index (χ3n) is 9.62. The maximum atomic E-state index is 10.8. The van der Waals surface area contributed by atoms with Gasteiger partial charge in [0.25, 0.3) is 0 Å². The Morgan fingerprint density at radius 2 is 1.14 bits per heavy atom. The first-order valence-electron chi connectivity index (χ1n) is 16.3. The van der Waals surface area contributed by atoms with Gasteiger partial charge in [0.15, 0.2) is 0 Å². The number of hydrogen-bond donors (Lipinski definition) is 0. The summed E-state index contributed by atoms with van der Waals surface area (Å²) in [4.78, 5) is 3.88. The van der Waals surface area contributed by atoms with Gasteiger partial charge < -0.3 is 9.13 Å². The second-order valence-electron chi connectivity index (χ2n) is 12.2. The van der Waals surface area contributed by atoms with E-state index in [4.69, 9.17) is 6.57 Å². The summed E-state index contributed by atoms with van der Waals surface area (Å²) in [7, 11) is 0. The van der Waals surface area contributed by atoms with Crippen molar-refractivity contribution in [1.82, 2.24) is 9.13 Å². The van der Waals surface area contributed by atoms with Crippen LogP contribution in [0.15, 0.2) is 152 Å². The number of nitriles is 2. The first kappa shape index (κ1) is 28.8. The van der Waals surface area contributed by atoms with Crippen LogP contribution in [-0.2, 0) is 0 Å². The van der Waals surface area contributed by atoms with Crippen molar-refractivity contribution >= 4 is 49.3 Å². The van der Waals surface area contributed by atoms with Crippen LogP contribution >= 0.6 is 0 Å². The SMILES string of the molecule is [C-]#[N+]c1cccc2c3ccccc3n(-c3cccc(-c4cccc(-c5ccccc5-n5c6ccccc6c6cc(C#N)ccc65)c4C#N)c3)c12. The van der Waals surface area contributed by atoms with Crippen LogP contribution in [0.5, 0.6) is 0 Å². The topological polar surface area (TPSA) is 61.8 Å². The van der Waals surface area contributed by atoms with E-state index in [0.717, 1.165) is 77.2 Å². The van der Waals surface area contributed by atoms with Gasteiger partial charge in [0.1, 0.15) is 6.07 Å². The second-order valence-corrected chi connectivity index (χ2v) is 12.2. The van der Waals surface area contributed by atoms with Gasteiger partial charge in [-0.25, -0.2) is 4.85 Å². The van der Waals surface area contributed by atoms with Gasteiger partial charge >= 0.3 is 0 Å². The maximum Gasteiger partial charge on any atom is 0.211 e. The molecule has 7 aromatic carbocycles. The molecule has 0 amide bonds. The van der Waals surface area contributed by atoms with Crippen LogP contribution in [0.1, 0.15) is 11.1 Å². The van der Waals surface area contributed by atoms with E-state index in [2.05, 4.69) is 80.7 Å². The van der Waals surface area contributed by atoms with Crippen molar-refractivity contribution in [1.29, 1.82) is 10.5 Å². The maximum absolute atomic E-state index is 10.8. The summed E-state index contributed by atoms with van der Waals surface area (Å²) in [6.45, 7) is 7.93. The van der Waals surface area contributed by atoms with Gasteiger partial charge in [-0.1, -0.05) is 103 Å². The summed E-state index contributed by atoms with van der Waals surface area (Å²) in [5.74, 6) is 0. The Balaban J connectivity index is 1.26. The Kier molecular flexibility index (Phi) is 6.56. The van der Waals surface area contributed by atoms with Crippen LogP contribution in [0, 0.1) is 29.2 Å². The van der Waals surface area contributed by atoms with Crippen LogP contribution in [0.4, 0.5) is 5.69 Å². The molecule has 0 N–H and O–H groups in total. The summed E-state index contributed by atoms with van der Waals surface area (Å²) >= 11 is 0. The molecule has 0 aliphatic carbocycles. The molecule has 50 heavy (non-hydrogen) atoms. The van der Waals surface area contributed by atoms with Crippen LogP contribution in [0.25, 0.3) is 82.1 Å². The quantitative estimate of drug-likeness (QED) is 0.181. The molecule has 0 radical (unpaired) electrons. The lowest BCUT2D eigenvalue weighted by atomic mass is 9.91. The molecule has 5 heteroatoms. The minimum atomic E-state index is 0.578. The van der Waals surface area contributed by atoms with E-state index < -0.39 is 0 Å². The zero-order valence-electron chi connectivity index (χ0n) is 26.7. The van der Waals surface area contributed by atoms with Crippen molar-refractivity contribution < 1.29 is 0 Å². The third kappa shape index (κ3) is 4.24. The molecule has 0 bridgehead atoms.